The quantitative estimate of drug-likeness (QED) is 0.770. The van der Waals surface area contributed by atoms with Crippen molar-refractivity contribution in [2.75, 3.05) is 5.32 Å². The number of pyridine rings is 1. The number of hydrogen-bond donors (Lipinski definition) is 2. The lowest BCUT2D eigenvalue weighted by molar-refractivity contribution is -0.115. The van der Waals surface area contributed by atoms with Gasteiger partial charge in [0.15, 0.2) is 0 Å². The fourth-order valence-electron chi connectivity index (χ4n) is 3.63. The van der Waals surface area contributed by atoms with Gasteiger partial charge in [-0.05, 0) is 48.9 Å². The highest BCUT2D eigenvalue weighted by molar-refractivity contribution is 5.95. The van der Waals surface area contributed by atoms with Crippen molar-refractivity contribution in [2.45, 2.75) is 32.1 Å². The van der Waals surface area contributed by atoms with E-state index in [0.717, 1.165) is 47.7 Å². The van der Waals surface area contributed by atoms with Crippen molar-refractivity contribution in [3.63, 3.8) is 0 Å². The van der Waals surface area contributed by atoms with Crippen molar-refractivity contribution in [1.29, 1.82) is 0 Å². The topological polar surface area (TPSA) is 62.0 Å². The minimum absolute atomic E-state index is 0.00922. The smallest absolute Gasteiger partial charge is 0.251 e. The number of H-pyrrole nitrogens is 1. The molecular formula is C21H20N2O2. The molecule has 1 aliphatic rings. The lowest BCUT2D eigenvalue weighted by Crippen LogP contribution is -2.19. The molecule has 0 fully saturated rings. The van der Waals surface area contributed by atoms with Crippen LogP contribution < -0.4 is 10.9 Å². The molecule has 1 heterocycles. The molecule has 4 rings (SSSR count). The van der Waals surface area contributed by atoms with Crippen LogP contribution in [0.1, 0.15) is 29.5 Å². The summed E-state index contributed by atoms with van der Waals surface area (Å²) >= 11 is 0. The van der Waals surface area contributed by atoms with E-state index in [2.05, 4.69) is 10.3 Å². The van der Waals surface area contributed by atoms with Crippen LogP contribution in [0.5, 0.6) is 0 Å². The summed E-state index contributed by atoms with van der Waals surface area (Å²) in [6.07, 6.45) is 4.35. The highest BCUT2D eigenvalue weighted by Crippen LogP contribution is 2.27. The number of aromatic amines is 1. The van der Waals surface area contributed by atoms with Gasteiger partial charge in [-0.15, -0.1) is 0 Å². The van der Waals surface area contributed by atoms with E-state index in [1.165, 1.54) is 5.56 Å². The van der Waals surface area contributed by atoms with Crippen molar-refractivity contribution in [3.8, 4) is 0 Å². The van der Waals surface area contributed by atoms with E-state index in [9.17, 15) is 9.59 Å². The van der Waals surface area contributed by atoms with Gasteiger partial charge in [-0.25, -0.2) is 0 Å². The molecular weight excluding hydrogens is 312 g/mol. The zero-order valence-corrected chi connectivity index (χ0v) is 14.0. The van der Waals surface area contributed by atoms with Crippen LogP contribution in [0.15, 0.2) is 53.3 Å². The van der Waals surface area contributed by atoms with Crippen molar-refractivity contribution < 1.29 is 4.79 Å². The Bertz CT molecular complexity index is 990. The first-order chi connectivity index (χ1) is 12.2. The normalized spacial score (nSPS) is 13.4. The molecule has 0 saturated carbocycles. The summed E-state index contributed by atoms with van der Waals surface area (Å²) in [6, 6.07) is 15.4. The zero-order chi connectivity index (χ0) is 17.2. The Morgan fingerprint density at radius 3 is 2.56 bits per heavy atom. The Hall–Kier alpha value is -2.88. The van der Waals surface area contributed by atoms with Crippen LogP contribution >= 0.6 is 0 Å². The first-order valence-corrected chi connectivity index (χ1v) is 8.72. The molecule has 1 aliphatic carbocycles. The minimum Gasteiger partial charge on any atom is -0.326 e. The first kappa shape index (κ1) is 15.6. The van der Waals surface area contributed by atoms with Gasteiger partial charge in [-0.2, -0.15) is 0 Å². The van der Waals surface area contributed by atoms with Crippen LogP contribution in [0, 0.1) is 0 Å². The van der Waals surface area contributed by atoms with Crippen molar-refractivity contribution >= 4 is 22.5 Å². The minimum atomic E-state index is -0.0640. The van der Waals surface area contributed by atoms with Crippen LogP contribution in [0.3, 0.4) is 0 Å². The summed E-state index contributed by atoms with van der Waals surface area (Å²) < 4.78 is 0. The second-order valence-corrected chi connectivity index (χ2v) is 6.59. The number of rotatable bonds is 3. The van der Waals surface area contributed by atoms with E-state index < -0.39 is 0 Å². The number of nitrogens with one attached hydrogen (secondary N) is 2. The number of fused-ring (bicyclic) bond motifs is 3. The third kappa shape index (κ3) is 3.20. The van der Waals surface area contributed by atoms with Crippen LogP contribution in [0.2, 0.25) is 0 Å². The number of benzene rings is 2. The van der Waals surface area contributed by atoms with E-state index in [1.807, 2.05) is 48.5 Å². The van der Waals surface area contributed by atoms with Crippen molar-refractivity contribution in [1.82, 2.24) is 4.98 Å². The third-order valence-corrected chi connectivity index (χ3v) is 4.83. The predicted molar refractivity (Wildman–Crippen MR) is 100.0 cm³/mol. The molecule has 1 aromatic heterocycles. The molecule has 1 amide bonds. The summed E-state index contributed by atoms with van der Waals surface area (Å²) in [5.74, 6) is -0.0640. The molecule has 2 aromatic carbocycles. The first-order valence-electron chi connectivity index (χ1n) is 8.72. The molecule has 126 valence electrons. The third-order valence-electron chi connectivity index (χ3n) is 4.83. The lowest BCUT2D eigenvalue weighted by atomic mass is 9.90. The van der Waals surface area contributed by atoms with Crippen molar-refractivity contribution in [2.24, 2.45) is 0 Å². The Morgan fingerprint density at radius 2 is 1.76 bits per heavy atom. The predicted octanol–water partition coefficient (Wildman–Crippen LogP) is 3.59. The molecule has 0 unspecified atom stereocenters. The average molecular weight is 332 g/mol. The Kier molecular flexibility index (Phi) is 4.10. The summed E-state index contributed by atoms with van der Waals surface area (Å²) in [5.41, 5.74) is 4.59. The molecule has 0 radical (unpaired) electrons. The van der Waals surface area contributed by atoms with Crippen LogP contribution in [0.25, 0.3) is 10.9 Å². The maximum atomic E-state index is 12.3. The van der Waals surface area contributed by atoms with Crippen molar-refractivity contribution in [3.05, 3.63) is 75.6 Å². The molecule has 4 nitrogen and oxygen atoms in total. The van der Waals surface area contributed by atoms with Gasteiger partial charge in [0, 0.05) is 16.6 Å². The molecule has 0 spiro atoms. The Labute approximate surface area is 145 Å². The number of carbonyl (C=O) groups excluding carboxylic acids is 1. The molecule has 25 heavy (non-hydrogen) atoms. The summed E-state index contributed by atoms with van der Waals surface area (Å²) in [6.45, 7) is 0. The van der Waals surface area contributed by atoms with Gasteiger partial charge in [-0.3, -0.25) is 9.59 Å². The maximum Gasteiger partial charge on any atom is 0.251 e. The standard InChI is InChI=1S/C21H20N2O2/c24-20(12-14-6-2-1-3-7-14)22-15-10-11-17-16-8-4-5-9-18(16)21(25)23-19(17)13-15/h1-3,6-7,10-11,13H,4-5,8-9,12H2,(H,22,24)(H,23,25). The number of hydrogen-bond acceptors (Lipinski definition) is 2. The van der Waals surface area contributed by atoms with Gasteiger partial charge in [-0.1, -0.05) is 36.4 Å². The van der Waals surface area contributed by atoms with Gasteiger partial charge < -0.3 is 10.3 Å². The van der Waals surface area contributed by atoms with E-state index in [1.54, 1.807) is 0 Å². The summed E-state index contributed by atoms with van der Waals surface area (Å²) in [5, 5.41) is 4.01. The van der Waals surface area contributed by atoms with Gasteiger partial charge in [0.25, 0.3) is 5.56 Å². The fraction of sp³-hybridized carbons (Fsp3) is 0.238. The Balaban J connectivity index is 1.61. The second kappa shape index (κ2) is 6.55. The molecule has 3 aromatic rings. The van der Waals surface area contributed by atoms with E-state index >= 15 is 0 Å². The molecule has 0 saturated heterocycles. The second-order valence-electron chi connectivity index (χ2n) is 6.59. The molecule has 4 heteroatoms. The number of aromatic nitrogens is 1. The molecule has 2 N–H and O–H groups in total. The van der Waals surface area contributed by atoms with Gasteiger partial charge in [0.1, 0.15) is 0 Å². The Morgan fingerprint density at radius 1 is 1.00 bits per heavy atom. The summed E-state index contributed by atoms with van der Waals surface area (Å²) in [4.78, 5) is 27.5. The average Bonchev–Trinajstić information content (AvgIpc) is 2.62. The van der Waals surface area contributed by atoms with Crippen LogP contribution in [-0.4, -0.2) is 10.9 Å². The monoisotopic (exact) mass is 332 g/mol. The SMILES string of the molecule is O=C(Cc1ccccc1)Nc1ccc2c3c(c(=O)[nH]c2c1)CCCC3. The van der Waals surface area contributed by atoms with Crippen LogP contribution in [-0.2, 0) is 24.1 Å². The van der Waals surface area contributed by atoms with Crippen LogP contribution in [0.4, 0.5) is 5.69 Å². The van der Waals surface area contributed by atoms with Gasteiger partial charge in [0.05, 0.1) is 11.9 Å². The van der Waals surface area contributed by atoms with E-state index in [0.29, 0.717) is 12.1 Å². The van der Waals surface area contributed by atoms with E-state index in [-0.39, 0.29) is 11.5 Å². The molecule has 0 atom stereocenters. The van der Waals surface area contributed by atoms with E-state index in [4.69, 9.17) is 0 Å². The zero-order valence-electron chi connectivity index (χ0n) is 14.0. The number of amides is 1. The molecule has 0 aliphatic heterocycles. The van der Waals surface area contributed by atoms with Gasteiger partial charge >= 0.3 is 0 Å². The number of anilines is 1. The lowest BCUT2D eigenvalue weighted by Gasteiger charge is -2.17. The van der Waals surface area contributed by atoms with Gasteiger partial charge in [0.2, 0.25) is 5.91 Å². The summed E-state index contributed by atoms with van der Waals surface area (Å²) in [7, 11) is 0. The molecule has 0 bridgehead atoms. The largest absolute Gasteiger partial charge is 0.326 e. The highest BCUT2D eigenvalue weighted by Gasteiger charge is 2.16. The fourth-order valence-corrected chi connectivity index (χ4v) is 3.63. The number of carbonyl (C=O) groups is 1. The number of aryl methyl sites for hydroxylation is 1. The highest BCUT2D eigenvalue weighted by atomic mass is 16.1. The maximum absolute atomic E-state index is 12.3.